The number of fused-ring (bicyclic) bond motifs is 1. The van der Waals surface area contributed by atoms with Crippen molar-refractivity contribution in [3.05, 3.63) is 26.9 Å². The van der Waals surface area contributed by atoms with Crippen molar-refractivity contribution in [1.82, 2.24) is 9.88 Å². The third-order valence-electron chi connectivity index (χ3n) is 3.96. The van der Waals surface area contributed by atoms with E-state index in [9.17, 15) is 10.1 Å². The summed E-state index contributed by atoms with van der Waals surface area (Å²) in [6.07, 6.45) is 5.01. The Hall–Kier alpha value is -1.21. The van der Waals surface area contributed by atoms with Crippen molar-refractivity contribution in [1.29, 1.82) is 0 Å². The van der Waals surface area contributed by atoms with E-state index >= 15 is 0 Å². The van der Waals surface area contributed by atoms with Crippen molar-refractivity contribution in [2.24, 2.45) is 0 Å². The Kier molecular flexibility index (Phi) is 3.40. The van der Waals surface area contributed by atoms with Crippen LogP contribution < -0.4 is 5.32 Å². The van der Waals surface area contributed by atoms with Crippen molar-refractivity contribution in [3.8, 4) is 0 Å². The van der Waals surface area contributed by atoms with E-state index in [1.807, 2.05) is 0 Å². The van der Waals surface area contributed by atoms with Gasteiger partial charge >= 0.3 is 5.69 Å². The molecule has 0 bridgehead atoms. The predicted molar refractivity (Wildman–Crippen MR) is 75.2 cm³/mol. The zero-order valence-corrected chi connectivity index (χ0v) is 12.0. The summed E-state index contributed by atoms with van der Waals surface area (Å²) in [5.41, 5.74) is 0.0332. The molecule has 0 radical (unpaired) electrons. The van der Waals surface area contributed by atoms with Gasteiger partial charge in [-0.05, 0) is 41.7 Å². The molecule has 0 aromatic carbocycles. The van der Waals surface area contributed by atoms with Crippen molar-refractivity contribution < 1.29 is 4.92 Å². The molecule has 2 fully saturated rings. The number of anilines is 1. The zero-order chi connectivity index (χ0) is 13.4. The molecule has 19 heavy (non-hydrogen) atoms. The standard InChI is InChI=1S/C12H15BrN4O2/c13-8-6-11(17(18)19)12(14-7-8)15-9-3-5-16-4-1-2-10(9)16/h6-7,9-10H,1-5H2,(H,14,15). The van der Waals surface area contributed by atoms with Gasteiger partial charge in [-0.15, -0.1) is 0 Å². The molecule has 2 saturated heterocycles. The summed E-state index contributed by atoms with van der Waals surface area (Å²) < 4.78 is 0.624. The second kappa shape index (κ2) is 5.05. The summed E-state index contributed by atoms with van der Waals surface area (Å²) in [5, 5.41) is 14.3. The predicted octanol–water partition coefficient (Wildman–Crippen LogP) is 2.40. The van der Waals surface area contributed by atoms with E-state index in [-0.39, 0.29) is 16.7 Å². The number of nitrogens with one attached hydrogen (secondary N) is 1. The van der Waals surface area contributed by atoms with E-state index in [1.165, 1.54) is 18.9 Å². The highest BCUT2D eigenvalue weighted by atomic mass is 79.9. The second-order valence-electron chi connectivity index (χ2n) is 5.06. The zero-order valence-electron chi connectivity index (χ0n) is 10.4. The number of halogens is 1. The largest absolute Gasteiger partial charge is 0.360 e. The van der Waals surface area contributed by atoms with Crippen molar-refractivity contribution in [3.63, 3.8) is 0 Å². The van der Waals surface area contributed by atoms with Gasteiger partial charge in [0.05, 0.1) is 4.92 Å². The molecule has 6 nitrogen and oxygen atoms in total. The fraction of sp³-hybridized carbons (Fsp3) is 0.583. The Balaban J connectivity index is 1.81. The summed E-state index contributed by atoms with van der Waals surface area (Å²) in [5.74, 6) is 0.381. The van der Waals surface area contributed by atoms with E-state index in [4.69, 9.17) is 0 Å². The van der Waals surface area contributed by atoms with Crippen LogP contribution in [-0.4, -0.2) is 40.0 Å². The number of hydrogen-bond acceptors (Lipinski definition) is 5. The molecule has 102 valence electrons. The molecule has 0 spiro atoms. The average Bonchev–Trinajstić information content (AvgIpc) is 2.96. The lowest BCUT2D eigenvalue weighted by Gasteiger charge is -2.21. The number of nitro groups is 1. The van der Waals surface area contributed by atoms with Crippen LogP contribution in [0.5, 0.6) is 0 Å². The van der Waals surface area contributed by atoms with E-state index < -0.39 is 0 Å². The lowest BCUT2D eigenvalue weighted by Crippen LogP contribution is -2.34. The first-order chi connectivity index (χ1) is 9.15. The molecular weight excluding hydrogens is 312 g/mol. The number of aromatic nitrogens is 1. The molecule has 0 aliphatic carbocycles. The summed E-state index contributed by atoms with van der Waals surface area (Å²) in [4.78, 5) is 17.3. The van der Waals surface area contributed by atoms with Crippen LogP contribution in [0.4, 0.5) is 11.5 Å². The fourth-order valence-electron chi connectivity index (χ4n) is 3.11. The summed E-state index contributed by atoms with van der Waals surface area (Å²) >= 11 is 3.22. The smallest absolute Gasteiger partial charge is 0.312 e. The Bertz CT molecular complexity index is 511. The number of rotatable bonds is 3. The van der Waals surface area contributed by atoms with Gasteiger partial charge in [0, 0.05) is 35.4 Å². The lowest BCUT2D eigenvalue weighted by molar-refractivity contribution is -0.384. The van der Waals surface area contributed by atoms with Gasteiger partial charge in [0.1, 0.15) is 0 Å². The van der Waals surface area contributed by atoms with E-state index in [0.717, 1.165) is 19.5 Å². The molecular formula is C12H15BrN4O2. The minimum atomic E-state index is -0.387. The third-order valence-corrected chi connectivity index (χ3v) is 4.39. The van der Waals surface area contributed by atoms with Gasteiger partial charge in [-0.3, -0.25) is 15.0 Å². The topological polar surface area (TPSA) is 71.3 Å². The van der Waals surface area contributed by atoms with E-state index in [0.29, 0.717) is 16.3 Å². The normalized spacial score (nSPS) is 26.4. The van der Waals surface area contributed by atoms with Crippen molar-refractivity contribution in [2.45, 2.75) is 31.3 Å². The highest BCUT2D eigenvalue weighted by Gasteiger charge is 2.38. The van der Waals surface area contributed by atoms with Gasteiger partial charge in [-0.2, -0.15) is 0 Å². The molecule has 3 rings (SSSR count). The molecule has 1 N–H and O–H groups in total. The quantitative estimate of drug-likeness (QED) is 0.682. The van der Waals surface area contributed by atoms with Crippen LogP contribution in [-0.2, 0) is 0 Å². The lowest BCUT2D eigenvalue weighted by atomic mass is 10.1. The molecule has 1 aromatic heterocycles. The van der Waals surface area contributed by atoms with E-state index in [1.54, 1.807) is 6.20 Å². The second-order valence-corrected chi connectivity index (χ2v) is 5.98. The average molecular weight is 327 g/mol. The first-order valence-electron chi connectivity index (χ1n) is 6.45. The number of nitrogens with zero attached hydrogens (tertiary/aromatic N) is 3. The molecule has 7 heteroatoms. The summed E-state index contributed by atoms with van der Waals surface area (Å²) in [6, 6.07) is 2.27. The highest BCUT2D eigenvalue weighted by Crippen LogP contribution is 2.32. The van der Waals surface area contributed by atoms with E-state index in [2.05, 4.69) is 31.1 Å². The maximum Gasteiger partial charge on any atom is 0.312 e. The minimum Gasteiger partial charge on any atom is -0.360 e. The summed E-state index contributed by atoms with van der Waals surface area (Å²) in [7, 11) is 0. The first-order valence-corrected chi connectivity index (χ1v) is 7.25. The van der Waals surface area contributed by atoms with Gasteiger partial charge in [-0.25, -0.2) is 4.98 Å². The SMILES string of the molecule is O=[N+]([O-])c1cc(Br)cnc1NC1CCN2CCCC12. The van der Waals surface area contributed by atoms with Crippen LogP contribution in [0.25, 0.3) is 0 Å². The molecule has 2 unspecified atom stereocenters. The molecule has 1 aromatic rings. The molecule has 0 saturated carbocycles. The van der Waals surface area contributed by atoms with Gasteiger partial charge < -0.3 is 5.32 Å². The molecule has 2 atom stereocenters. The van der Waals surface area contributed by atoms with Crippen LogP contribution in [0.3, 0.4) is 0 Å². The Morgan fingerprint density at radius 3 is 3.11 bits per heavy atom. The molecule has 2 aliphatic heterocycles. The maximum absolute atomic E-state index is 11.1. The van der Waals surface area contributed by atoms with Gasteiger partial charge in [0.15, 0.2) is 0 Å². The molecule has 2 aliphatic rings. The van der Waals surface area contributed by atoms with Crippen LogP contribution >= 0.6 is 15.9 Å². The molecule has 0 amide bonds. The van der Waals surface area contributed by atoms with Crippen LogP contribution in [0.15, 0.2) is 16.7 Å². The summed E-state index contributed by atoms with van der Waals surface area (Å²) in [6.45, 7) is 2.23. The fourth-order valence-corrected chi connectivity index (χ4v) is 3.42. The monoisotopic (exact) mass is 326 g/mol. The highest BCUT2D eigenvalue weighted by molar-refractivity contribution is 9.10. The van der Waals surface area contributed by atoms with Crippen LogP contribution in [0.1, 0.15) is 19.3 Å². The van der Waals surface area contributed by atoms with Gasteiger partial charge in [-0.1, -0.05) is 0 Å². The number of hydrogen-bond donors (Lipinski definition) is 1. The molecule has 3 heterocycles. The van der Waals surface area contributed by atoms with Gasteiger partial charge in [0.2, 0.25) is 5.82 Å². The third kappa shape index (κ3) is 2.44. The minimum absolute atomic E-state index is 0.0332. The Labute approximate surface area is 119 Å². The first kappa shape index (κ1) is 12.8. The van der Waals surface area contributed by atoms with Crippen LogP contribution in [0.2, 0.25) is 0 Å². The maximum atomic E-state index is 11.1. The van der Waals surface area contributed by atoms with Gasteiger partial charge in [0.25, 0.3) is 0 Å². The van der Waals surface area contributed by atoms with Crippen molar-refractivity contribution >= 4 is 27.4 Å². The van der Waals surface area contributed by atoms with Crippen molar-refractivity contribution in [2.75, 3.05) is 18.4 Å². The number of pyridine rings is 1. The Morgan fingerprint density at radius 1 is 1.47 bits per heavy atom. The van der Waals surface area contributed by atoms with Crippen LogP contribution in [0, 0.1) is 10.1 Å². The Morgan fingerprint density at radius 2 is 2.32 bits per heavy atom.